The van der Waals surface area contributed by atoms with Crippen LogP contribution in [0.5, 0.6) is 0 Å². The molecule has 1 aromatic rings. The number of nitrogens with one attached hydrogen (secondary N) is 2. The van der Waals surface area contributed by atoms with Crippen molar-refractivity contribution < 1.29 is 9.53 Å². The van der Waals surface area contributed by atoms with Gasteiger partial charge in [-0.05, 0) is 29.9 Å². The normalized spacial score (nSPS) is 15.4. The van der Waals surface area contributed by atoms with Crippen LogP contribution in [0.3, 0.4) is 0 Å². The number of hydrogen-bond donors (Lipinski definition) is 2. The van der Waals surface area contributed by atoms with Crippen LogP contribution in [0, 0.1) is 5.92 Å². The number of fused-ring (bicyclic) bond motifs is 1. The van der Waals surface area contributed by atoms with Crippen molar-refractivity contribution in [1.29, 1.82) is 0 Å². The van der Waals surface area contributed by atoms with Gasteiger partial charge in [0.1, 0.15) is 6.04 Å². The number of hydrogen-bond acceptors (Lipinski definition) is 4. The topological polar surface area (TPSA) is 50.4 Å². The third kappa shape index (κ3) is 3.31. The van der Waals surface area contributed by atoms with E-state index in [2.05, 4.69) is 28.8 Å². The Balaban J connectivity index is 2.08. The summed E-state index contributed by atoms with van der Waals surface area (Å²) in [6.45, 7) is 5.74. The molecule has 1 aliphatic heterocycles. The van der Waals surface area contributed by atoms with Gasteiger partial charge in [-0.25, -0.2) is 0 Å². The van der Waals surface area contributed by atoms with E-state index >= 15 is 0 Å². The zero-order valence-electron chi connectivity index (χ0n) is 12.5. The molecule has 1 unspecified atom stereocenters. The molecule has 2 rings (SSSR count). The summed E-state index contributed by atoms with van der Waals surface area (Å²) in [7, 11) is 1.44. The molecule has 4 heteroatoms. The van der Waals surface area contributed by atoms with E-state index in [4.69, 9.17) is 4.74 Å². The summed E-state index contributed by atoms with van der Waals surface area (Å²) in [5, 5.41) is 6.79. The van der Waals surface area contributed by atoms with Gasteiger partial charge in [-0.2, -0.15) is 0 Å². The standard InChI is InChI=1S/C16H24N2O2/c1-11(2)14(16(19)20-3)18-10-13-7-4-6-12-8-5-9-17-15(12)13/h4,6-7,11,14,17-18H,5,8-10H2,1-3H3. The van der Waals surface area contributed by atoms with E-state index in [9.17, 15) is 4.79 Å². The van der Waals surface area contributed by atoms with Gasteiger partial charge in [0, 0.05) is 18.8 Å². The summed E-state index contributed by atoms with van der Waals surface area (Å²) in [5.74, 6) is 0.00713. The van der Waals surface area contributed by atoms with Crippen LogP contribution in [0.15, 0.2) is 18.2 Å². The van der Waals surface area contributed by atoms with Crippen molar-refractivity contribution in [3.05, 3.63) is 29.3 Å². The van der Waals surface area contributed by atoms with Gasteiger partial charge >= 0.3 is 5.97 Å². The minimum absolute atomic E-state index is 0.197. The van der Waals surface area contributed by atoms with E-state index in [0.717, 1.165) is 13.0 Å². The molecule has 20 heavy (non-hydrogen) atoms. The molecule has 1 atom stereocenters. The molecule has 110 valence electrons. The van der Waals surface area contributed by atoms with Gasteiger partial charge in [0.05, 0.1) is 7.11 Å². The SMILES string of the molecule is COC(=O)C(NCc1cccc2c1NCCC2)C(C)C. The van der Waals surface area contributed by atoms with Crippen LogP contribution >= 0.6 is 0 Å². The van der Waals surface area contributed by atoms with Crippen molar-refractivity contribution in [1.82, 2.24) is 5.32 Å². The maximum atomic E-state index is 11.8. The molecule has 0 fully saturated rings. The molecule has 0 saturated heterocycles. The first-order chi connectivity index (χ1) is 9.63. The van der Waals surface area contributed by atoms with Crippen molar-refractivity contribution >= 4 is 11.7 Å². The molecule has 0 amide bonds. The zero-order chi connectivity index (χ0) is 14.5. The number of benzene rings is 1. The van der Waals surface area contributed by atoms with Gasteiger partial charge in [0.15, 0.2) is 0 Å². The second-order valence-electron chi connectivity index (χ2n) is 5.61. The average Bonchev–Trinajstić information content (AvgIpc) is 2.47. The Hall–Kier alpha value is -1.55. The molecule has 1 aliphatic rings. The maximum Gasteiger partial charge on any atom is 0.323 e. The van der Waals surface area contributed by atoms with Gasteiger partial charge in [-0.15, -0.1) is 0 Å². The second-order valence-corrected chi connectivity index (χ2v) is 5.61. The lowest BCUT2D eigenvalue weighted by molar-refractivity contribution is -0.144. The lowest BCUT2D eigenvalue weighted by Gasteiger charge is -2.24. The number of para-hydroxylation sites is 1. The van der Waals surface area contributed by atoms with E-state index < -0.39 is 0 Å². The minimum Gasteiger partial charge on any atom is -0.468 e. The summed E-state index contributed by atoms with van der Waals surface area (Å²) in [6, 6.07) is 6.11. The highest BCUT2D eigenvalue weighted by atomic mass is 16.5. The number of carbonyl (C=O) groups excluding carboxylic acids is 1. The molecular weight excluding hydrogens is 252 g/mol. The van der Waals surface area contributed by atoms with E-state index in [0.29, 0.717) is 6.54 Å². The molecule has 0 aromatic heterocycles. The van der Waals surface area contributed by atoms with E-state index in [-0.39, 0.29) is 17.9 Å². The Kier molecular flexibility index (Phi) is 5.01. The number of aryl methyl sites for hydroxylation is 1. The molecule has 0 bridgehead atoms. The smallest absolute Gasteiger partial charge is 0.323 e. The van der Waals surface area contributed by atoms with Crippen molar-refractivity contribution in [3.8, 4) is 0 Å². The highest BCUT2D eigenvalue weighted by molar-refractivity contribution is 5.76. The van der Waals surface area contributed by atoms with Crippen molar-refractivity contribution in [2.24, 2.45) is 5.92 Å². The Morgan fingerprint density at radius 2 is 2.25 bits per heavy atom. The lowest BCUT2D eigenvalue weighted by Crippen LogP contribution is -2.41. The summed E-state index contributed by atoms with van der Waals surface area (Å²) in [5.41, 5.74) is 3.82. The van der Waals surface area contributed by atoms with Gasteiger partial charge in [0.2, 0.25) is 0 Å². The Bertz CT molecular complexity index is 472. The summed E-state index contributed by atoms with van der Waals surface area (Å²) in [4.78, 5) is 11.8. The molecular formula is C16H24N2O2. The Morgan fingerprint density at radius 3 is 2.95 bits per heavy atom. The number of rotatable bonds is 5. The van der Waals surface area contributed by atoms with Gasteiger partial charge in [-0.3, -0.25) is 10.1 Å². The Morgan fingerprint density at radius 1 is 1.45 bits per heavy atom. The quantitative estimate of drug-likeness (QED) is 0.810. The van der Waals surface area contributed by atoms with Crippen LogP contribution in [0.2, 0.25) is 0 Å². The summed E-state index contributed by atoms with van der Waals surface area (Å²) in [6.07, 6.45) is 2.31. The van der Waals surface area contributed by atoms with Crippen molar-refractivity contribution in [2.45, 2.75) is 39.3 Å². The van der Waals surface area contributed by atoms with E-state index in [1.54, 1.807) is 0 Å². The molecule has 4 nitrogen and oxygen atoms in total. The molecule has 0 radical (unpaired) electrons. The maximum absolute atomic E-state index is 11.8. The van der Waals surface area contributed by atoms with Crippen LogP contribution in [0.1, 0.15) is 31.4 Å². The zero-order valence-corrected chi connectivity index (χ0v) is 12.5. The number of esters is 1. The van der Waals surface area contributed by atoms with Crippen LogP contribution in [0.4, 0.5) is 5.69 Å². The number of anilines is 1. The third-order valence-electron chi connectivity index (χ3n) is 3.80. The van der Waals surface area contributed by atoms with Crippen LogP contribution in [-0.2, 0) is 22.5 Å². The largest absolute Gasteiger partial charge is 0.468 e. The van der Waals surface area contributed by atoms with Crippen LogP contribution < -0.4 is 10.6 Å². The number of ether oxygens (including phenoxy) is 1. The van der Waals surface area contributed by atoms with Gasteiger partial charge < -0.3 is 10.1 Å². The van der Waals surface area contributed by atoms with Crippen LogP contribution in [-0.4, -0.2) is 25.7 Å². The van der Waals surface area contributed by atoms with Crippen molar-refractivity contribution in [2.75, 3.05) is 19.0 Å². The number of methoxy groups -OCH3 is 1. The first-order valence-corrected chi connectivity index (χ1v) is 7.29. The molecule has 1 aromatic carbocycles. The van der Waals surface area contributed by atoms with Gasteiger partial charge in [-0.1, -0.05) is 32.0 Å². The fourth-order valence-electron chi connectivity index (χ4n) is 2.67. The molecule has 0 saturated carbocycles. The second kappa shape index (κ2) is 6.75. The fraction of sp³-hybridized carbons (Fsp3) is 0.562. The van der Waals surface area contributed by atoms with Gasteiger partial charge in [0.25, 0.3) is 0 Å². The predicted molar refractivity (Wildman–Crippen MR) is 80.7 cm³/mol. The summed E-state index contributed by atoms with van der Waals surface area (Å²) >= 11 is 0. The fourth-order valence-corrected chi connectivity index (χ4v) is 2.67. The molecule has 1 heterocycles. The van der Waals surface area contributed by atoms with E-state index in [1.807, 2.05) is 13.8 Å². The lowest BCUT2D eigenvalue weighted by atomic mass is 9.98. The average molecular weight is 276 g/mol. The number of carbonyl (C=O) groups is 1. The van der Waals surface area contributed by atoms with Crippen LogP contribution in [0.25, 0.3) is 0 Å². The van der Waals surface area contributed by atoms with Crippen molar-refractivity contribution in [3.63, 3.8) is 0 Å². The first-order valence-electron chi connectivity index (χ1n) is 7.29. The molecule has 0 aliphatic carbocycles. The highest BCUT2D eigenvalue weighted by Gasteiger charge is 2.23. The predicted octanol–water partition coefficient (Wildman–Crippen LogP) is 2.33. The Labute approximate surface area is 120 Å². The monoisotopic (exact) mass is 276 g/mol. The minimum atomic E-state index is -0.264. The first kappa shape index (κ1) is 14.9. The highest BCUT2D eigenvalue weighted by Crippen LogP contribution is 2.26. The molecule has 2 N–H and O–H groups in total. The third-order valence-corrected chi connectivity index (χ3v) is 3.80. The van der Waals surface area contributed by atoms with E-state index in [1.165, 1.54) is 30.3 Å². The summed E-state index contributed by atoms with van der Waals surface area (Å²) < 4.78 is 4.86. The molecule has 0 spiro atoms.